The van der Waals surface area contributed by atoms with Gasteiger partial charge in [0.25, 0.3) is 0 Å². The van der Waals surface area contributed by atoms with E-state index in [0.29, 0.717) is 6.61 Å². The Labute approximate surface area is 119 Å². The van der Waals surface area contributed by atoms with Crippen LogP contribution in [-0.4, -0.2) is 63.1 Å². The summed E-state index contributed by atoms with van der Waals surface area (Å²) in [5.41, 5.74) is 0. The van der Waals surface area contributed by atoms with E-state index in [4.69, 9.17) is 10.2 Å². The number of aliphatic hydroxyl groups excluding tert-OH is 4. The summed E-state index contributed by atoms with van der Waals surface area (Å²) in [5, 5.41) is 37.1. The van der Waals surface area contributed by atoms with Crippen LogP contribution < -0.4 is 0 Å². The number of unbranched alkanes of at least 4 members (excludes halogenated alkanes) is 5. The van der Waals surface area contributed by atoms with Gasteiger partial charge >= 0.3 is 0 Å². The van der Waals surface area contributed by atoms with E-state index in [0.717, 1.165) is 30.1 Å². The molecule has 1 fully saturated rings. The fourth-order valence-electron chi connectivity index (χ4n) is 2.61. The lowest BCUT2D eigenvalue weighted by molar-refractivity contribution is 0.00718. The van der Waals surface area contributed by atoms with E-state index in [1.165, 1.54) is 25.7 Å². The molecule has 0 radical (unpaired) electrons. The van der Waals surface area contributed by atoms with Crippen LogP contribution >= 0.6 is 0 Å². The average molecular weight is 293 g/mol. The van der Waals surface area contributed by atoms with Crippen molar-refractivity contribution in [2.45, 2.75) is 50.7 Å². The summed E-state index contributed by atoms with van der Waals surface area (Å²) in [6.45, 7) is 0.0553. The van der Waals surface area contributed by atoms with E-state index in [9.17, 15) is 10.2 Å². The van der Waals surface area contributed by atoms with E-state index in [-0.39, 0.29) is 23.4 Å². The molecule has 5 heteroatoms. The largest absolute Gasteiger partial charge is 0.396 e. The van der Waals surface area contributed by atoms with Crippen molar-refractivity contribution in [3.8, 4) is 0 Å². The molecule has 1 heterocycles. The van der Waals surface area contributed by atoms with Gasteiger partial charge in [-0.3, -0.25) is 0 Å². The maximum absolute atomic E-state index is 9.87. The van der Waals surface area contributed by atoms with Crippen LogP contribution in [0.4, 0.5) is 0 Å². The van der Waals surface area contributed by atoms with Gasteiger partial charge in [-0.1, -0.05) is 19.3 Å². The third-order valence-corrected chi connectivity index (χ3v) is 6.39. The third-order valence-electron chi connectivity index (χ3n) is 3.85. The van der Waals surface area contributed by atoms with Crippen LogP contribution in [0.15, 0.2) is 0 Å². The second-order valence-corrected chi connectivity index (χ2v) is 7.78. The highest BCUT2D eigenvalue weighted by atomic mass is 32.2. The molecule has 19 heavy (non-hydrogen) atoms. The summed E-state index contributed by atoms with van der Waals surface area (Å²) >= 11 is 0. The zero-order valence-electron chi connectivity index (χ0n) is 11.7. The molecule has 1 rings (SSSR count). The average Bonchev–Trinajstić information content (AvgIpc) is 2.78. The fraction of sp³-hybridized carbons (Fsp3) is 1.00. The molecule has 0 saturated carbocycles. The van der Waals surface area contributed by atoms with E-state index in [2.05, 4.69) is 0 Å². The van der Waals surface area contributed by atoms with E-state index >= 15 is 0 Å². The Kier molecular flexibility index (Phi) is 9.07. The van der Waals surface area contributed by atoms with Gasteiger partial charge in [0, 0.05) is 6.61 Å². The normalized spacial score (nSPS) is 28.7. The van der Waals surface area contributed by atoms with Crippen LogP contribution in [0, 0.1) is 5.92 Å². The maximum Gasteiger partial charge on any atom is 0.134 e. The minimum absolute atomic E-state index is 0.127. The second-order valence-electron chi connectivity index (χ2n) is 5.48. The van der Waals surface area contributed by atoms with Crippen molar-refractivity contribution in [3.05, 3.63) is 0 Å². The second kappa shape index (κ2) is 10.00. The lowest BCUT2D eigenvalue weighted by Gasteiger charge is -2.15. The molecule has 1 aliphatic heterocycles. The molecule has 0 aromatic heterocycles. The van der Waals surface area contributed by atoms with Gasteiger partial charge in [-0.2, -0.15) is 0 Å². The van der Waals surface area contributed by atoms with Gasteiger partial charge in [0.05, 0.1) is 18.6 Å². The van der Waals surface area contributed by atoms with Crippen molar-refractivity contribution in [2.24, 2.45) is 5.92 Å². The number of aliphatic hydroxyl groups is 4. The Balaban J connectivity index is 2.05. The predicted molar refractivity (Wildman–Crippen MR) is 79.3 cm³/mol. The lowest BCUT2D eigenvalue weighted by Crippen LogP contribution is -2.32. The maximum atomic E-state index is 9.87. The molecule has 1 aliphatic rings. The molecule has 114 valence electrons. The molecule has 1 saturated heterocycles. The predicted octanol–water partition coefficient (Wildman–Crippen LogP) is 0.281. The molecule has 0 aromatic carbocycles. The van der Waals surface area contributed by atoms with Crippen LogP contribution in [0.1, 0.15) is 38.5 Å². The van der Waals surface area contributed by atoms with Crippen LogP contribution in [0.2, 0.25) is 0 Å². The highest BCUT2D eigenvalue weighted by Gasteiger charge is 2.43. The summed E-state index contributed by atoms with van der Waals surface area (Å²) in [6.07, 6.45) is 5.67. The third kappa shape index (κ3) is 6.45. The molecule has 4 atom stereocenters. The lowest BCUT2D eigenvalue weighted by atomic mass is 10.0. The fourth-order valence-corrected chi connectivity index (χ4v) is 5.41. The summed E-state index contributed by atoms with van der Waals surface area (Å²) in [5.74, 6) is 2.68. The number of rotatable bonds is 10. The van der Waals surface area contributed by atoms with Gasteiger partial charge in [0.1, 0.15) is 23.4 Å². The Hall–Kier alpha value is 0.190. The first-order valence-electron chi connectivity index (χ1n) is 7.41. The van der Waals surface area contributed by atoms with E-state index in [1.807, 2.05) is 0 Å². The molecule has 0 bridgehead atoms. The topological polar surface area (TPSA) is 80.9 Å². The van der Waals surface area contributed by atoms with Crippen LogP contribution in [0.5, 0.6) is 0 Å². The molecule has 0 amide bonds. The van der Waals surface area contributed by atoms with Crippen molar-refractivity contribution >= 4 is 10.9 Å². The molecule has 4 nitrogen and oxygen atoms in total. The zero-order valence-corrected chi connectivity index (χ0v) is 12.5. The van der Waals surface area contributed by atoms with E-state index < -0.39 is 12.2 Å². The van der Waals surface area contributed by atoms with E-state index in [1.54, 1.807) is 0 Å². The number of hydrogen-bond donors (Lipinski definition) is 4. The monoisotopic (exact) mass is 293 g/mol. The van der Waals surface area contributed by atoms with Gasteiger partial charge in [-0.15, -0.1) is 0 Å². The van der Waals surface area contributed by atoms with Crippen molar-refractivity contribution in [3.63, 3.8) is 0 Å². The summed E-state index contributed by atoms with van der Waals surface area (Å²) in [4.78, 5) is 0. The Morgan fingerprint density at radius 1 is 0.947 bits per heavy atom. The highest BCUT2D eigenvalue weighted by molar-refractivity contribution is 7.97. The van der Waals surface area contributed by atoms with Crippen molar-refractivity contribution in [1.82, 2.24) is 0 Å². The highest BCUT2D eigenvalue weighted by Crippen LogP contribution is 2.25. The Morgan fingerprint density at radius 3 is 2.21 bits per heavy atom. The minimum atomic E-state index is -0.758. The molecular weight excluding hydrogens is 264 g/mol. The molecule has 0 aliphatic carbocycles. The van der Waals surface area contributed by atoms with Gasteiger partial charge < -0.3 is 20.4 Å². The van der Waals surface area contributed by atoms with Crippen molar-refractivity contribution in [2.75, 3.05) is 30.5 Å². The van der Waals surface area contributed by atoms with Crippen LogP contribution in [0.25, 0.3) is 0 Å². The van der Waals surface area contributed by atoms with Crippen LogP contribution in [0.3, 0.4) is 0 Å². The molecular formula is C14H29O4S+. The van der Waals surface area contributed by atoms with Gasteiger partial charge in [0.15, 0.2) is 0 Å². The summed E-state index contributed by atoms with van der Waals surface area (Å²) in [6, 6.07) is 0. The Bertz CT molecular complexity index is 227. The van der Waals surface area contributed by atoms with Crippen molar-refractivity contribution in [1.29, 1.82) is 0 Å². The smallest absolute Gasteiger partial charge is 0.134 e. The molecule has 0 aromatic rings. The summed E-state index contributed by atoms with van der Waals surface area (Å²) < 4.78 is 0. The first-order chi connectivity index (χ1) is 9.19. The zero-order chi connectivity index (χ0) is 14.1. The number of hydrogen-bond acceptors (Lipinski definition) is 4. The molecule has 1 unspecified atom stereocenters. The SMILES string of the molecule is OCCCCCCCC[S+]1C[C@H]([C@H](O)CO)[C@H](O)C1. The first kappa shape index (κ1) is 17.2. The first-order valence-corrected chi connectivity index (χ1v) is 9.14. The van der Waals surface area contributed by atoms with Gasteiger partial charge in [-0.05, 0) is 30.2 Å². The minimum Gasteiger partial charge on any atom is -0.396 e. The Morgan fingerprint density at radius 2 is 1.58 bits per heavy atom. The summed E-state index contributed by atoms with van der Waals surface area (Å²) in [7, 11) is 0.220. The quantitative estimate of drug-likeness (QED) is 0.344. The van der Waals surface area contributed by atoms with Gasteiger partial charge in [-0.25, -0.2) is 0 Å². The molecule has 4 N–H and O–H groups in total. The van der Waals surface area contributed by atoms with Crippen molar-refractivity contribution < 1.29 is 20.4 Å². The van der Waals surface area contributed by atoms with Crippen LogP contribution in [-0.2, 0) is 10.9 Å². The van der Waals surface area contributed by atoms with Gasteiger partial charge in [0.2, 0.25) is 0 Å². The standard InChI is InChI=1S/C14H29O4S/c15-7-5-3-1-2-4-6-8-19-10-12(13(17)9-16)14(18)11-19/h12-18H,1-11H2/q+1/t12-,13-,14-,19?/m1/s1. The molecule has 0 spiro atoms.